The van der Waals surface area contributed by atoms with E-state index in [0.29, 0.717) is 37.6 Å². The zero-order chi connectivity index (χ0) is 25.0. The zero-order valence-corrected chi connectivity index (χ0v) is 20.9. The lowest BCUT2D eigenvalue weighted by Crippen LogP contribution is -2.51. The summed E-state index contributed by atoms with van der Waals surface area (Å²) in [4.78, 5) is 33.0. The van der Waals surface area contributed by atoms with E-state index in [4.69, 9.17) is 25.4 Å². The van der Waals surface area contributed by atoms with Crippen LogP contribution in [0.4, 0.5) is 17.2 Å². The number of carbonyl (C=O) groups is 1. The molecule has 2 atom stereocenters. The Balaban J connectivity index is 1.27. The largest absolute Gasteiger partial charge is 0.390 e. The molecule has 0 bridgehead atoms. The minimum Gasteiger partial charge on any atom is -0.390 e. The summed E-state index contributed by atoms with van der Waals surface area (Å²) in [6, 6.07) is 7.91. The molecule has 2 aromatic rings. The highest BCUT2D eigenvalue weighted by molar-refractivity contribution is 6.14. The average Bonchev–Trinajstić information content (AvgIpc) is 3.43. The number of amidine groups is 1. The fraction of sp³-hybridized carbons (Fsp3) is 0.538. The molecule has 1 spiro atoms. The van der Waals surface area contributed by atoms with E-state index in [9.17, 15) is 9.90 Å². The minimum absolute atomic E-state index is 0.0190. The molecule has 1 aromatic heterocycles. The lowest BCUT2D eigenvalue weighted by molar-refractivity contribution is -0.116. The number of nitrogens with two attached hydrogens (primary N) is 1. The van der Waals surface area contributed by atoms with Crippen LogP contribution in [0.1, 0.15) is 43.8 Å². The third kappa shape index (κ3) is 3.58. The van der Waals surface area contributed by atoms with E-state index in [1.165, 1.54) is 0 Å². The summed E-state index contributed by atoms with van der Waals surface area (Å²) in [5.41, 5.74) is 10.4. The fourth-order valence-electron chi connectivity index (χ4n) is 6.13. The fourth-order valence-corrected chi connectivity index (χ4v) is 6.13. The predicted molar refractivity (Wildman–Crippen MR) is 137 cm³/mol. The number of amides is 1. The number of hydrogen-bond acceptors (Lipinski definition) is 9. The van der Waals surface area contributed by atoms with Crippen molar-refractivity contribution in [2.24, 2.45) is 16.1 Å². The first-order valence-electron chi connectivity index (χ1n) is 12.7. The van der Waals surface area contributed by atoms with Crippen molar-refractivity contribution in [3.63, 3.8) is 0 Å². The van der Waals surface area contributed by atoms with Crippen molar-refractivity contribution in [1.82, 2.24) is 9.97 Å². The third-order valence-corrected chi connectivity index (χ3v) is 8.31. The number of piperidine rings is 1. The van der Waals surface area contributed by atoms with Crippen LogP contribution >= 0.6 is 0 Å². The van der Waals surface area contributed by atoms with Crippen LogP contribution in [0.3, 0.4) is 0 Å². The van der Waals surface area contributed by atoms with Crippen molar-refractivity contribution in [3.8, 4) is 0 Å². The summed E-state index contributed by atoms with van der Waals surface area (Å²) in [7, 11) is 0. The molecular formula is C26H33N7O3. The maximum Gasteiger partial charge on any atom is 0.223 e. The van der Waals surface area contributed by atoms with Gasteiger partial charge in [-0.1, -0.05) is 12.1 Å². The van der Waals surface area contributed by atoms with E-state index in [-0.39, 0.29) is 30.1 Å². The minimum atomic E-state index is -0.196. The highest BCUT2D eigenvalue weighted by Crippen LogP contribution is 2.42. The summed E-state index contributed by atoms with van der Waals surface area (Å²) < 4.78 is 5.87. The lowest BCUT2D eigenvalue weighted by atomic mass is 9.73. The van der Waals surface area contributed by atoms with Gasteiger partial charge in [0.2, 0.25) is 5.91 Å². The van der Waals surface area contributed by atoms with Crippen molar-refractivity contribution in [1.29, 1.82) is 0 Å². The second-order valence-corrected chi connectivity index (χ2v) is 10.3. The Kier molecular flexibility index (Phi) is 5.70. The Morgan fingerprint density at radius 3 is 2.58 bits per heavy atom. The van der Waals surface area contributed by atoms with Crippen molar-refractivity contribution in [2.45, 2.75) is 52.0 Å². The molecular weight excluding hydrogens is 458 g/mol. The van der Waals surface area contributed by atoms with Gasteiger partial charge in [0.15, 0.2) is 11.7 Å². The normalized spacial score (nSPS) is 24.7. The van der Waals surface area contributed by atoms with Crippen LogP contribution in [-0.4, -0.2) is 71.7 Å². The average molecular weight is 492 g/mol. The Hall–Kier alpha value is -3.08. The van der Waals surface area contributed by atoms with Gasteiger partial charge in [0.25, 0.3) is 0 Å². The molecule has 4 aliphatic rings. The summed E-state index contributed by atoms with van der Waals surface area (Å²) in [6.45, 7) is 7.39. The van der Waals surface area contributed by atoms with E-state index in [0.717, 1.165) is 54.7 Å². The van der Waals surface area contributed by atoms with Gasteiger partial charge in [-0.3, -0.25) is 9.79 Å². The molecule has 2 saturated heterocycles. The zero-order valence-electron chi connectivity index (χ0n) is 20.9. The standard InChI is InChI=1S/C26H33N7O3/c1-16-23(27)26(15-36-16)7-9-31(10-8-26)24-19(14-34)29-22-18(30-24)13-28-25(22)33-12-11-32(17(2)35)20-5-3-4-6-21(20)33/h3-6,16,23,34H,7-15,27H2,1-2H3/t16-,23+/m0/s1. The molecule has 6 rings (SSSR count). The van der Waals surface area contributed by atoms with Gasteiger partial charge in [-0.05, 0) is 31.9 Å². The number of fused-ring (bicyclic) bond motifs is 2. The number of aliphatic hydroxyl groups is 1. The maximum atomic E-state index is 12.2. The molecule has 10 heteroatoms. The van der Waals surface area contributed by atoms with E-state index in [1.807, 2.05) is 24.3 Å². The van der Waals surface area contributed by atoms with Crippen molar-refractivity contribution >= 4 is 28.9 Å². The number of carbonyl (C=O) groups excluding carboxylic acids is 1. The van der Waals surface area contributed by atoms with E-state index in [2.05, 4.69) is 16.7 Å². The van der Waals surface area contributed by atoms with Gasteiger partial charge in [0.05, 0.1) is 42.9 Å². The topological polar surface area (TPSA) is 120 Å². The van der Waals surface area contributed by atoms with Crippen LogP contribution in [0.15, 0.2) is 29.3 Å². The highest BCUT2D eigenvalue weighted by atomic mass is 16.5. The van der Waals surface area contributed by atoms with Crippen LogP contribution in [0.25, 0.3) is 0 Å². The number of anilines is 3. The molecule has 36 heavy (non-hydrogen) atoms. The molecule has 2 fully saturated rings. The smallest absolute Gasteiger partial charge is 0.223 e. The number of para-hydroxylation sites is 2. The van der Waals surface area contributed by atoms with Crippen molar-refractivity contribution in [3.05, 3.63) is 41.3 Å². The Bertz CT molecular complexity index is 1220. The summed E-state index contributed by atoms with van der Waals surface area (Å²) in [5, 5.41) is 10.2. The number of ether oxygens (including phenoxy) is 1. The number of aliphatic hydroxyl groups excluding tert-OH is 1. The highest BCUT2D eigenvalue weighted by Gasteiger charge is 2.48. The van der Waals surface area contributed by atoms with Gasteiger partial charge in [0.1, 0.15) is 11.4 Å². The van der Waals surface area contributed by atoms with Gasteiger partial charge >= 0.3 is 0 Å². The first-order valence-corrected chi connectivity index (χ1v) is 12.7. The SMILES string of the molecule is CC(=O)N1CCN(C2=NCc3nc(N4CCC5(CC4)CO[C@@H](C)[C@H]5N)c(CO)nc32)c2ccccc21. The van der Waals surface area contributed by atoms with Gasteiger partial charge < -0.3 is 30.3 Å². The molecule has 10 nitrogen and oxygen atoms in total. The van der Waals surface area contributed by atoms with E-state index >= 15 is 0 Å². The van der Waals surface area contributed by atoms with Crippen LogP contribution < -0.4 is 20.4 Å². The number of aromatic nitrogens is 2. The predicted octanol–water partition coefficient (Wildman–Crippen LogP) is 1.43. The molecule has 3 N–H and O–H groups in total. The summed E-state index contributed by atoms with van der Waals surface area (Å²) >= 11 is 0. The molecule has 4 aliphatic heterocycles. The van der Waals surface area contributed by atoms with Crippen LogP contribution in [0.2, 0.25) is 0 Å². The van der Waals surface area contributed by atoms with Gasteiger partial charge in [-0.2, -0.15) is 0 Å². The quantitative estimate of drug-likeness (QED) is 0.648. The molecule has 1 amide bonds. The lowest BCUT2D eigenvalue weighted by Gasteiger charge is -2.42. The van der Waals surface area contributed by atoms with Crippen molar-refractivity contribution in [2.75, 3.05) is 47.5 Å². The Labute approximate surface area is 210 Å². The molecule has 0 radical (unpaired) electrons. The summed E-state index contributed by atoms with van der Waals surface area (Å²) in [6.07, 6.45) is 1.95. The Morgan fingerprint density at radius 2 is 1.92 bits per heavy atom. The third-order valence-electron chi connectivity index (χ3n) is 8.31. The second kappa shape index (κ2) is 8.79. The summed E-state index contributed by atoms with van der Waals surface area (Å²) in [5.74, 6) is 1.51. The first kappa shape index (κ1) is 23.3. The van der Waals surface area contributed by atoms with Crippen LogP contribution in [0, 0.1) is 5.41 Å². The Morgan fingerprint density at radius 1 is 1.17 bits per heavy atom. The van der Waals surface area contributed by atoms with Gasteiger partial charge in [-0.15, -0.1) is 0 Å². The molecule has 0 unspecified atom stereocenters. The number of rotatable bonds is 2. The maximum absolute atomic E-state index is 12.2. The second-order valence-electron chi connectivity index (χ2n) is 10.3. The molecule has 0 saturated carbocycles. The van der Waals surface area contributed by atoms with Gasteiger partial charge in [0, 0.05) is 44.6 Å². The van der Waals surface area contributed by atoms with Gasteiger partial charge in [-0.25, -0.2) is 9.97 Å². The number of hydrogen-bond donors (Lipinski definition) is 2. The molecule has 1 aromatic carbocycles. The number of benzene rings is 1. The molecule has 0 aliphatic carbocycles. The molecule has 5 heterocycles. The monoisotopic (exact) mass is 491 g/mol. The first-order chi connectivity index (χ1) is 17.4. The van der Waals surface area contributed by atoms with E-state index in [1.54, 1.807) is 11.8 Å². The molecule has 190 valence electrons. The van der Waals surface area contributed by atoms with Crippen LogP contribution in [0.5, 0.6) is 0 Å². The number of nitrogens with zero attached hydrogens (tertiary/aromatic N) is 6. The number of aliphatic imine (C=N–C) groups is 1. The van der Waals surface area contributed by atoms with E-state index < -0.39 is 0 Å². The van der Waals surface area contributed by atoms with Crippen molar-refractivity contribution < 1.29 is 14.6 Å². The van der Waals surface area contributed by atoms with Crippen LogP contribution in [-0.2, 0) is 22.7 Å².